The van der Waals surface area contributed by atoms with Crippen LogP contribution in [0.1, 0.15) is 18.2 Å². The molecule has 0 spiro atoms. The van der Waals surface area contributed by atoms with Crippen LogP contribution < -0.4 is 15.4 Å². The van der Waals surface area contributed by atoms with Crippen LogP contribution in [0.4, 0.5) is 0 Å². The van der Waals surface area contributed by atoms with Gasteiger partial charge < -0.3 is 15.4 Å². The minimum atomic E-state index is -0.619. The van der Waals surface area contributed by atoms with E-state index in [1.165, 1.54) is 6.08 Å². The Morgan fingerprint density at radius 1 is 1.19 bits per heavy atom. The second kappa shape index (κ2) is 9.98. The fraction of sp³-hybridized carbons (Fsp3) is 0.250. The molecule has 0 saturated carbocycles. The molecule has 0 radical (unpaired) electrons. The summed E-state index contributed by atoms with van der Waals surface area (Å²) in [7, 11) is 1.60. The zero-order valence-electron chi connectivity index (χ0n) is 14.9. The monoisotopic (exact) mass is 353 g/mol. The van der Waals surface area contributed by atoms with E-state index in [4.69, 9.17) is 4.74 Å². The number of hydrogen-bond acceptors (Lipinski definition) is 4. The summed E-state index contributed by atoms with van der Waals surface area (Å²) in [6.45, 7) is 2.12. The molecule has 1 unspecified atom stereocenters. The zero-order chi connectivity index (χ0) is 18.8. The normalized spacial score (nSPS) is 11.8. The minimum absolute atomic E-state index is 0.230. The molecule has 0 aliphatic heterocycles. The van der Waals surface area contributed by atoms with E-state index in [2.05, 4.69) is 15.6 Å². The third-order valence-electron chi connectivity index (χ3n) is 3.70. The number of aromatic nitrogens is 1. The van der Waals surface area contributed by atoms with Crippen LogP contribution in [0.2, 0.25) is 0 Å². The van der Waals surface area contributed by atoms with E-state index >= 15 is 0 Å². The molecule has 0 bridgehead atoms. The van der Waals surface area contributed by atoms with E-state index in [1.807, 2.05) is 42.5 Å². The first kappa shape index (κ1) is 19.2. The Kier molecular flexibility index (Phi) is 7.36. The van der Waals surface area contributed by atoms with Crippen LogP contribution in [-0.4, -0.2) is 36.5 Å². The van der Waals surface area contributed by atoms with Crippen molar-refractivity contribution in [3.63, 3.8) is 0 Å². The van der Waals surface area contributed by atoms with Crippen molar-refractivity contribution < 1.29 is 14.3 Å². The lowest BCUT2D eigenvalue weighted by Crippen LogP contribution is -2.44. The molecule has 2 amide bonds. The highest BCUT2D eigenvalue weighted by Crippen LogP contribution is 2.12. The van der Waals surface area contributed by atoms with Crippen LogP contribution in [0, 0.1) is 0 Å². The molecular weight excluding hydrogens is 330 g/mol. The number of carbonyl (C=O) groups is 2. The number of hydrogen-bond donors (Lipinski definition) is 2. The minimum Gasteiger partial charge on any atom is -0.497 e. The number of nitrogens with one attached hydrogen (secondary N) is 2. The molecule has 1 aromatic heterocycles. The third-order valence-corrected chi connectivity index (χ3v) is 3.70. The Balaban J connectivity index is 1.74. The second-order valence-corrected chi connectivity index (χ2v) is 5.70. The van der Waals surface area contributed by atoms with Crippen molar-refractivity contribution in [3.8, 4) is 5.75 Å². The van der Waals surface area contributed by atoms with Crippen LogP contribution in [-0.2, 0) is 16.0 Å². The summed E-state index contributed by atoms with van der Waals surface area (Å²) in [4.78, 5) is 28.2. The first-order chi connectivity index (χ1) is 12.6. The van der Waals surface area contributed by atoms with Crippen molar-refractivity contribution in [2.24, 2.45) is 0 Å². The summed E-state index contributed by atoms with van der Waals surface area (Å²) < 4.78 is 5.08. The van der Waals surface area contributed by atoms with Gasteiger partial charge in [0.1, 0.15) is 11.8 Å². The summed E-state index contributed by atoms with van der Waals surface area (Å²) in [5, 5.41) is 5.43. The number of amides is 2. The lowest BCUT2D eigenvalue weighted by molar-refractivity contribution is -0.126. The predicted octanol–water partition coefficient (Wildman–Crippen LogP) is 1.97. The van der Waals surface area contributed by atoms with Crippen LogP contribution in [0.15, 0.2) is 54.7 Å². The predicted molar refractivity (Wildman–Crippen MR) is 101 cm³/mol. The molecule has 6 nitrogen and oxygen atoms in total. The Labute approximate surface area is 153 Å². The van der Waals surface area contributed by atoms with E-state index in [9.17, 15) is 9.59 Å². The van der Waals surface area contributed by atoms with Gasteiger partial charge in [0.15, 0.2) is 0 Å². The highest BCUT2D eigenvalue weighted by Gasteiger charge is 2.13. The highest BCUT2D eigenvalue weighted by molar-refractivity contribution is 5.95. The Hall–Kier alpha value is -3.15. The summed E-state index contributed by atoms with van der Waals surface area (Å²) >= 11 is 0. The average molecular weight is 353 g/mol. The number of pyridine rings is 1. The second-order valence-electron chi connectivity index (χ2n) is 5.70. The molecule has 0 saturated heterocycles. The molecule has 1 atom stereocenters. The summed E-state index contributed by atoms with van der Waals surface area (Å²) in [6, 6.07) is 12.4. The van der Waals surface area contributed by atoms with Crippen molar-refractivity contribution in [2.75, 3.05) is 13.7 Å². The van der Waals surface area contributed by atoms with Crippen molar-refractivity contribution >= 4 is 17.9 Å². The van der Waals surface area contributed by atoms with Crippen LogP contribution in [0.5, 0.6) is 5.75 Å². The maximum Gasteiger partial charge on any atom is 0.244 e. The Morgan fingerprint density at radius 2 is 1.96 bits per heavy atom. The third kappa shape index (κ3) is 6.39. The maximum atomic E-state index is 12.0. The molecule has 1 heterocycles. The summed E-state index contributed by atoms with van der Waals surface area (Å²) in [5.74, 6) is 0.197. The highest BCUT2D eigenvalue weighted by atomic mass is 16.5. The average Bonchev–Trinajstić information content (AvgIpc) is 2.67. The van der Waals surface area contributed by atoms with E-state index in [0.29, 0.717) is 13.0 Å². The van der Waals surface area contributed by atoms with Gasteiger partial charge in [0.05, 0.1) is 7.11 Å². The molecule has 2 rings (SSSR count). The van der Waals surface area contributed by atoms with Gasteiger partial charge in [0.2, 0.25) is 11.8 Å². The van der Waals surface area contributed by atoms with Gasteiger partial charge in [0, 0.05) is 30.9 Å². The van der Waals surface area contributed by atoms with Gasteiger partial charge in [-0.05, 0) is 42.8 Å². The molecule has 0 aliphatic rings. The fourth-order valence-corrected chi connectivity index (χ4v) is 2.23. The number of carbonyl (C=O) groups excluding carboxylic acids is 2. The molecule has 26 heavy (non-hydrogen) atoms. The number of ether oxygens (including phenoxy) is 1. The standard InChI is InChI=1S/C20H23N3O3/c1-15(20(25)22-14-12-17-5-3-4-13-21-17)23-19(24)11-8-16-6-9-18(26-2)10-7-16/h3-11,13,15H,12,14H2,1-2H3,(H,22,25)(H,23,24)/b11-8+. The van der Waals surface area contributed by atoms with Gasteiger partial charge in [-0.2, -0.15) is 0 Å². The van der Waals surface area contributed by atoms with Gasteiger partial charge >= 0.3 is 0 Å². The smallest absolute Gasteiger partial charge is 0.244 e. The maximum absolute atomic E-state index is 12.0. The van der Waals surface area contributed by atoms with Gasteiger partial charge in [-0.3, -0.25) is 14.6 Å². The van der Waals surface area contributed by atoms with E-state index in [0.717, 1.165) is 17.0 Å². The Bertz CT molecular complexity index is 743. The van der Waals surface area contributed by atoms with E-state index in [-0.39, 0.29) is 11.8 Å². The zero-order valence-corrected chi connectivity index (χ0v) is 14.9. The van der Waals surface area contributed by atoms with E-state index in [1.54, 1.807) is 26.3 Å². The molecule has 6 heteroatoms. The van der Waals surface area contributed by atoms with E-state index < -0.39 is 6.04 Å². The summed E-state index contributed by atoms with van der Waals surface area (Å²) in [5.41, 5.74) is 1.78. The lowest BCUT2D eigenvalue weighted by Gasteiger charge is -2.12. The fourth-order valence-electron chi connectivity index (χ4n) is 2.23. The molecule has 2 aromatic rings. The first-order valence-electron chi connectivity index (χ1n) is 8.38. The van der Waals surface area contributed by atoms with Crippen LogP contribution in [0.3, 0.4) is 0 Å². The quantitative estimate of drug-likeness (QED) is 0.711. The van der Waals surface area contributed by atoms with Gasteiger partial charge in [0.25, 0.3) is 0 Å². The number of nitrogens with zero attached hydrogens (tertiary/aromatic N) is 1. The SMILES string of the molecule is COc1ccc(/C=C/C(=O)NC(C)C(=O)NCCc2ccccn2)cc1. The van der Waals surface area contributed by atoms with Crippen molar-refractivity contribution in [1.29, 1.82) is 0 Å². The van der Waals surface area contributed by atoms with Crippen LogP contribution in [0.25, 0.3) is 6.08 Å². The first-order valence-corrected chi connectivity index (χ1v) is 8.38. The lowest BCUT2D eigenvalue weighted by atomic mass is 10.2. The van der Waals surface area contributed by atoms with Crippen molar-refractivity contribution in [2.45, 2.75) is 19.4 Å². The number of methoxy groups -OCH3 is 1. The molecule has 2 N–H and O–H groups in total. The topological polar surface area (TPSA) is 80.3 Å². The van der Waals surface area contributed by atoms with Gasteiger partial charge in [-0.1, -0.05) is 18.2 Å². The van der Waals surface area contributed by atoms with Gasteiger partial charge in [-0.25, -0.2) is 0 Å². The van der Waals surface area contributed by atoms with Crippen LogP contribution >= 0.6 is 0 Å². The molecule has 1 aromatic carbocycles. The molecular formula is C20H23N3O3. The number of rotatable bonds is 8. The Morgan fingerprint density at radius 3 is 2.62 bits per heavy atom. The molecule has 0 aliphatic carbocycles. The van der Waals surface area contributed by atoms with Crippen molar-refractivity contribution in [1.82, 2.24) is 15.6 Å². The molecule has 136 valence electrons. The molecule has 0 fully saturated rings. The largest absolute Gasteiger partial charge is 0.497 e. The van der Waals surface area contributed by atoms with Gasteiger partial charge in [-0.15, -0.1) is 0 Å². The number of benzene rings is 1. The van der Waals surface area contributed by atoms with Crippen molar-refractivity contribution in [3.05, 3.63) is 66.0 Å². The summed E-state index contributed by atoms with van der Waals surface area (Å²) in [6.07, 6.45) is 5.44.